The van der Waals surface area contributed by atoms with E-state index in [4.69, 9.17) is 21.1 Å². The largest absolute Gasteiger partial charge is 0.469 e. The van der Waals surface area contributed by atoms with Crippen LogP contribution in [0.3, 0.4) is 0 Å². The Bertz CT molecular complexity index is 686. The molecule has 2 saturated heterocycles. The minimum atomic E-state index is -0.722. The molecule has 1 spiro atoms. The molecule has 3 heterocycles. The first-order valence-electron chi connectivity index (χ1n) is 7.08. The summed E-state index contributed by atoms with van der Waals surface area (Å²) in [5.41, 5.74) is 0.0301. The van der Waals surface area contributed by atoms with Gasteiger partial charge in [-0.15, -0.1) is 0 Å². The Labute approximate surface area is 132 Å². The Balaban J connectivity index is 1.71. The van der Waals surface area contributed by atoms with E-state index < -0.39 is 23.4 Å². The predicted octanol–water partition coefficient (Wildman–Crippen LogP) is 1.80. The zero-order valence-corrected chi connectivity index (χ0v) is 12.6. The van der Waals surface area contributed by atoms with Gasteiger partial charge in [0.15, 0.2) is 0 Å². The molecule has 1 amide bonds. The van der Waals surface area contributed by atoms with E-state index in [1.54, 1.807) is 29.2 Å². The van der Waals surface area contributed by atoms with Crippen LogP contribution in [0.5, 0.6) is 0 Å². The van der Waals surface area contributed by atoms with Gasteiger partial charge in [-0.05, 0) is 24.3 Å². The average Bonchev–Trinajstić information content (AvgIpc) is 3.16. The first kappa shape index (κ1) is 13.8. The molecule has 114 valence electrons. The Hall–Kier alpha value is -1.85. The zero-order valence-electron chi connectivity index (χ0n) is 11.9. The van der Waals surface area contributed by atoms with Crippen LogP contribution in [-0.2, 0) is 19.1 Å². The van der Waals surface area contributed by atoms with Crippen molar-refractivity contribution < 1.29 is 19.1 Å². The maximum absolute atomic E-state index is 12.9. The molecule has 4 atom stereocenters. The highest BCUT2D eigenvalue weighted by Gasteiger charge is 2.67. The van der Waals surface area contributed by atoms with E-state index in [0.717, 1.165) is 5.69 Å². The molecule has 5 nitrogen and oxygen atoms in total. The monoisotopic (exact) mass is 319 g/mol. The second kappa shape index (κ2) is 4.57. The van der Waals surface area contributed by atoms with Crippen molar-refractivity contribution in [3.8, 4) is 0 Å². The maximum atomic E-state index is 12.9. The summed E-state index contributed by atoms with van der Waals surface area (Å²) in [7, 11) is 1.33. The number of hydrogen-bond acceptors (Lipinski definition) is 4. The Kier molecular flexibility index (Phi) is 2.86. The van der Waals surface area contributed by atoms with Crippen molar-refractivity contribution in [3.63, 3.8) is 0 Å². The number of halogens is 1. The van der Waals surface area contributed by atoms with E-state index in [2.05, 4.69) is 0 Å². The minimum Gasteiger partial charge on any atom is -0.469 e. The van der Waals surface area contributed by atoms with Crippen molar-refractivity contribution in [3.05, 3.63) is 41.4 Å². The molecule has 3 aliphatic rings. The van der Waals surface area contributed by atoms with Gasteiger partial charge < -0.3 is 14.4 Å². The van der Waals surface area contributed by atoms with E-state index in [1.165, 1.54) is 7.11 Å². The summed E-state index contributed by atoms with van der Waals surface area (Å²) < 4.78 is 10.8. The van der Waals surface area contributed by atoms with Crippen LogP contribution in [0.25, 0.3) is 0 Å². The molecule has 6 heteroatoms. The summed E-state index contributed by atoms with van der Waals surface area (Å²) in [6, 6.07) is 7.06. The number of carbonyl (C=O) groups is 2. The number of ether oxygens (including phenoxy) is 2. The Morgan fingerprint density at radius 1 is 1.41 bits per heavy atom. The molecule has 0 aliphatic carbocycles. The Morgan fingerprint density at radius 3 is 2.82 bits per heavy atom. The molecule has 1 aromatic carbocycles. The second-order valence-corrected chi connectivity index (χ2v) is 6.26. The molecule has 1 aromatic rings. The van der Waals surface area contributed by atoms with Crippen LogP contribution in [0.1, 0.15) is 0 Å². The lowest BCUT2D eigenvalue weighted by Crippen LogP contribution is -2.39. The van der Waals surface area contributed by atoms with Crippen LogP contribution in [0.4, 0.5) is 5.69 Å². The van der Waals surface area contributed by atoms with Crippen molar-refractivity contribution in [2.75, 3.05) is 18.6 Å². The molecule has 22 heavy (non-hydrogen) atoms. The molecule has 2 fully saturated rings. The smallest absolute Gasteiger partial charge is 0.312 e. The molecule has 0 aromatic heterocycles. The molecule has 0 radical (unpaired) electrons. The maximum Gasteiger partial charge on any atom is 0.312 e. The van der Waals surface area contributed by atoms with Gasteiger partial charge in [0.05, 0.1) is 25.7 Å². The summed E-state index contributed by atoms with van der Waals surface area (Å²) >= 11 is 5.89. The van der Waals surface area contributed by atoms with Gasteiger partial charge in [0.25, 0.3) is 0 Å². The van der Waals surface area contributed by atoms with Crippen molar-refractivity contribution in [1.29, 1.82) is 0 Å². The topological polar surface area (TPSA) is 55.8 Å². The summed E-state index contributed by atoms with van der Waals surface area (Å²) in [4.78, 5) is 26.6. The van der Waals surface area contributed by atoms with Crippen LogP contribution in [0, 0.1) is 11.8 Å². The number of anilines is 1. The van der Waals surface area contributed by atoms with Crippen LogP contribution in [0.15, 0.2) is 36.4 Å². The molecule has 3 aliphatic heterocycles. The summed E-state index contributed by atoms with van der Waals surface area (Å²) in [5, 5.41) is 0.610. The summed E-state index contributed by atoms with van der Waals surface area (Å²) in [5.74, 6) is -1.59. The lowest BCUT2D eigenvalue weighted by atomic mass is 9.77. The van der Waals surface area contributed by atoms with Crippen molar-refractivity contribution in [2.45, 2.75) is 11.7 Å². The van der Waals surface area contributed by atoms with Gasteiger partial charge in [-0.1, -0.05) is 23.8 Å². The summed E-state index contributed by atoms with van der Waals surface area (Å²) in [6.07, 6.45) is 3.40. The zero-order chi connectivity index (χ0) is 15.5. The second-order valence-electron chi connectivity index (χ2n) is 5.82. The normalized spacial score (nSPS) is 35.1. The third-order valence-electron chi connectivity index (χ3n) is 4.71. The van der Waals surface area contributed by atoms with Gasteiger partial charge in [0.2, 0.25) is 5.91 Å². The standard InChI is InChI=1S/C16H14ClNO4/c1-21-15(20)12-11-6-7-16(22-11)8-18(14(19)13(12)16)10-4-2-9(17)3-5-10/h2-7,11-13H,8H2,1H3/t11-,12+,13-,16+/m0/s1. The van der Waals surface area contributed by atoms with Gasteiger partial charge in [-0.2, -0.15) is 0 Å². The number of carbonyl (C=O) groups excluding carboxylic acids is 2. The third kappa shape index (κ3) is 1.69. The van der Waals surface area contributed by atoms with E-state index >= 15 is 0 Å². The fraction of sp³-hybridized carbons (Fsp3) is 0.375. The van der Waals surface area contributed by atoms with E-state index in [1.807, 2.05) is 12.2 Å². The molecule has 2 bridgehead atoms. The van der Waals surface area contributed by atoms with Gasteiger partial charge in [0.1, 0.15) is 11.5 Å². The van der Waals surface area contributed by atoms with Crippen molar-refractivity contribution in [2.24, 2.45) is 11.8 Å². The molecule has 0 saturated carbocycles. The number of methoxy groups -OCH3 is 1. The van der Waals surface area contributed by atoms with Crippen LogP contribution < -0.4 is 4.90 Å². The van der Waals surface area contributed by atoms with Gasteiger partial charge in [-0.25, -0.2) is 0 Å². The fourth-order valence-corrected chi connectivity index (χ4v) is 3.87. The lowest BCUT2D eigenvalue weighted by molar-refractivity contribution is -0.149. The summed E-state index contributed by atoms with van der Waals surface area (Å²) in [6.45, 7) is 0.401. The molecule has 4 rings (SSSR count). The van der Waals surface area contributed by atoms with Gasteiger partial charge in [-0.3, -0.25) is 9.59 Å². The molecular formula is C16H14ClNO4. The van der Waals surface area contributed by atoms with E-state index in [0.29, 0.717) is 11.6 Å². The quantitative estimate of drug-likeness (QED) is 0.616. The minimum absolute atomic E-state index is 0.107. The SMILES string of the molecule is COC(=O)[C@@H]1[C@@H]2C=C[C@]3(CN(c4ccc(Cl)cc4)C(=O)[C@H]13)O2. The fourth-order valence-electron chi connectivity index (χ4n) is 3.74. The number of amides is 1. The van der Waals surface area contributed by atoms with Crippen molar-refractivity contribution >= 4 is 29.2 Å². The number of hydrogen-bond donors (Lipinski definition) is 0. The van der Waals surface area contributed by atoms with Crippen LogP contribution in [-0.4, -0.2) is 37.2 Å². The highest BCUT2D eigenvalue weighted by atomic mass is 35.5. The highest BCUT2D eigenvalue weighted by Crippen LogP contribution is 2.52. The molecular weight excluding hydrogens is 306 g/mol. The van der Waals surface area contributed by atoms with Gasteiger partial charge in [0, 0.05) is 10.7 Å². The first-order chi connectivity index (χ1) is 10.6. The Morgan fingerprint density at radius 2 is 2.14 bits per heavy atom. The van der Waals surface area contributed by atoms with Crippen LogP contribution >= 0.6 is 11.6 Å². The number of fused-ring (bicyclic) bond motifs is 1. The van der Waals surface area contributed by atoms with E-state index in [9.17, 15) is 9.59 Å². The third-order valence-corrected chi connectivity index (χ3v) is 4.96. The number of nitrogens with zero attached hydrogens (tertiary/aromatic N) is 1. The number of benzene rings is 1. The van der Waals surface area contributed by atoms with Crippen molar-refractivity contribution in [1.82, 2.24) is 0 Å². The number of rotatable bonds is 2. The molecule has 0 N–H and O–H groups in total. The first-order valence-corrected chi connectivity index (χ1v) is 7.45. The van der Waals surface area contributed by atoms with E-state index in [-0.39, 0.29) is 12.0 Å². The number of esters is 1. The van der Waals surface area contributed by atoms with Gasteiger partial charge >= 0.3 is 5.97 Å². The molecule has 0 unspecified atom stereocenters. The lowest BCUT2D eigenvalue weighted by Gasteiger charge is -2.22. The van der Waals surface area contributed by atoms with Crippen LogP contribution in [0.2, 0.25) is 5.02 Å². The average molecular weight is 320 g/mol. The predicted molar refractivity (Wildman–Crippen MR) is 79.5 cm³/mol. The highest BCUT2D eigenvalue weighted by molar-refractivity contribution is 6.30.